The molecule has 0 saturated heterocycles. The van der Waals surface area contributed by atoms with Crippen LogP contribution in [0.15, 0.2) is 0 Å². The summed E-state index contributed by atoms with van der Waals surface area (Å²) in [5, 5.41) is 0. The molecule has 5 rings (SSSR count). The Labute approximate surface area is 174 Å². The van der Waals surface area contributed by atoms with E-state index in [2.05, 4.69) is 67.7 Å². The molecule has 0 nitrogen and oxygen atoms in total. The van der Waals surface area contributed by atoms with Gasteiger partial charge in [-0.25, -0.2) is 0 Å². The Morgan fingerprint density at radius 1 is 0.880 bits per heavy atom. The van der Waals surface area contributed by atoms with Crippen molar-refractivity contribution < 1.29 is 17.0 Å². The van der Waals surface area contributed by atoms with Crippen LogP contribution in [0.25, 0.3) is 0 Å². The van der Waals surface area contributed by atoms with Gasteiger partial charge in [0.25, 0.3) is 0 Å². The SMILES string of the molecule is CC1(C)C2C[C]3[CH][CH][CH][C]3C1C2.C[C]1[C](C)[C](C)[C](C)[C]1C.[Cl][Ti][Cl]. The number of hydrogen-bond acceptors (Lipinski definition) is 0. The van der Waals surface area contributed by atoms with Crippen LogP contribution in [0, 0.1) is 77.9 Å². The van der Waals surface area contributed by atoms with Gasteiger partial charge in [-0.15, -0.1) is 0 Å². The number of rotatable bonds is 0. The van der Waals surface area contributed by atoms with E-state index >= 15 is 0 Å². The van der Waals surface area contributed by atoms with Crippen molar-refractivity contribution in [1.29, 1.82) is 0 Å². The van der Waals surface area contributed by atoms with E-state index in [0.29, 0.717) is 5.41 Å². The molecule has 3 heteroatoms. The Morgan fingerprint density at radius 3 is 1.72 bits per heavy atom. The molecule has 0 spiro atoms. The van der Waals surface area contributed by atoms with Gasteiger partial charge in [0.1, 0.15) is 0 Å². The molecule has 0 aromatic rings. The Hall–Kier alpha value is 1.29. The molecule has 2 atom stereocenters. The maximum absolute atomic E-state index is 4.89. The van der Waals surface area contributed by atoms with E-state index in [1.54, 1.807) is 11.8 Å². The van der Waals surface area contributed by atoms with Crippen molar-refractivity contribution in [3.63, 3.8) is 0 Å². The Bertz CT molecular complexity index is 379. The fourth-order valence-corrected chi connectivity index (χ4v) is 4.56. The topological polar surface area (TPSA) is 0 Å². The van der Waals surface area contributed by atoms with Crippen LogP contribution in [-0.4, -0.2) is 0 Å². The third-order valence-electron chi connectivity index (χ3n) is 7.07. The molecule has 136 valence electrons. The summed E-state index contributed by atoms with van der Waals surface area (Å²) in [6, 6.07) is 0. The minimum atomic E-state index is -0.556. The third kappa shape index (κ3) is 4.49. The van der Waals surface area contributed by atoms with Crippen LogP contribution in [0.3, 0.4) is 0 Å². The van der Waals surface area contributed by atoms with Gasteiger partial charge in [0.15, 0.2) is 0 Å². The van der Waals surface area contributed by atoms with Gasteiger partial charge in [0.05, 0.1) is 0 Å². The molecule has 5 aliphatic rings. The first-order chi connectivity index (χ1) is 11.7. The average molecular weight is 413 g/mol. The van der Waals surface area contributed by atoms with Gasteiger partial charge >= 0.3 is 35.6 Å². The van der Waals surface area contributed by atoms with Gasteiger partial charge in [0, 0.05) is 0 Å². The monoisotopic (exact) mass is 412 g/mol. The predicted octanol–water partition coefficient (Wildman–Crippen LogP) is 7.18. The van der Waals surface area contributed by atoms with Gasteiger partial charge < -0.3 is 0 Å². The van der Waals surface area contributed by atoms with Crippen molar-refractivity contribution in [3.8, 4) is 0 Å². The number of hydrogen-bond donors (Lipinski definition) is 0. The van der Waals surface area contributed by atoms with Crippen LogP contribution < -0.4 is 0 Å². The van der Waals surface area contributed by atoms with Gasteiger partial charge in [-0.2, -0.15) is 0 Å². The van der Waals surface area contributed by atoms with Crippen molar-refractivity contribution in [1.82, 2.24) is 0 Å². The second-order valence-electron chi connectivity index (χ2n) is 8.21. The maximum atomic E-state index is 4.89. The summed E-state index contributed by atoms with van der Waals surface area (Å²) < 4.78 is 0. The van der Waals surface area contributed by atoms with Crippen LogP contribution in [0.1, 0.15) is 61.3 Å². The van der Waals surface area contributed by atoms with Crippen molar-refractivity contribution in [3.05, 3.63) is 60.7 Å². The molecule has 5 aliphatic carbocycles. The summed E-state index contributed by atoms with van der Waals surface area (Å²) in [5.74, 6) is 12.5. The van der Waals surface area contributed by atoms with Crippen LogP contribution in [0.2, 0.25) is 0 Å². The van der Waals surface area contributed by atoms with Gasteiger partial charge in [-0.3, -0.25) is 0 Å². The second-order valence-corrected chi connectivity index (χ2v) is 10.8. The van der Waals surface area contributed by atoms with Crippen molar-refractivity contribution in [2.75, 3.05) is 0 Å². The molecule has 2 bridgehead atoms. The first-order valence-corrected chi connectivity index (χ1v) is 13.4. The first kappa shape index (κ1) is 22.6. The van der Waals surface area contributed by atoms with Crippen LogP contribution in [0.4, 0.5) is 0 Å². The molecule has 2 unspecified atom stereocenters. The van der Waals surface area contributed by atoms with Crippen molar-refractivity contribution >= 4 is 18.6 Å². The van der Waals surface area contributed by atoms with Crippen molar-refractivity contribution in [2.45, 2.75) is 61.3 Å². The zero-order chi connectivity index (χ0) is 18.9. The summed E-state index contributed by atoms with van der Waals surface area (Å²) in [7, 11) is 9.78. The molecule has 0 aliphatic heterocycles. The van der Waals surface area contributed by atoms with E-state index < -0.39 is 17.0 Å². The third-order valence-corrected chi connectivity index (χ3v) is 7.07. The number of halogens is 2. The molecule has 0 amide bonds. The fraction of sp³-hybridized carbons (Fsp3) is 0.545. The minimum absolute atomic E-state index is 0.556. The molecule has 0 heterocycles. The Kier molecular flexibility index (Phi) is 8.31. The second kappa shape index (κ2) is 9.19. The standard InChI is InChI=1S/C12H15.C10H15.2ClH.Ti/c1-12(2)9-6-8-4-3-5-10(8)11(12)7-9;1-6-7(2)9(4)10(5)8(6)3;;;/h3-5,9,11H,6-7H2,1-2H3;1-5H3;2*1H;/q;;;;+2/p-2. The summed E-state index contributed by atoms with van der Waals surface area (Å²) >= 11 is -0.556. The Balaban J connectivity index is 0.000000159. The average Bonchev–Trinajstić information content (AvgIpc) is 3.13. The molecule has 0 aromatic carbocycles. The summed E-state index contributed by atoms with van der Waals surface area (Å²) in [6.07, 6.45) is 9.65. The first-order valence-electron chi connectivity index (χ1n) is 9.07. The van der Waals surface area contributed by atoms with Crippen LogP contribution in [-0.2, 0) is 17.0 Å². The van der Waals surface area contributed by atoms with Gasteiger partial charge in [-0.1, -0.05) is 48.5 Å². The van der Waals surface area contributed by atoms with Gasteiger partial charge in [-0.05, 0) is 90.8 Å². The van der Waals surface area contributed by atoms with E-state index in [1.807, 2.05) is 0 Å². The zero-order valence-electron chi connectivity index (χ0n) is 16.6. The zero-order valence-corrected chi connectivity index (χ0v) is 19.6. The quantitative estimate of drug-likeness (QED) is 0.369. The molecule has 10 radical (unpaired) electrons. The van der Waals surface area contributed by atoms with Crippen LogP contribution in [0.5, 0.6) is 0 Å². The molecule has 0 N–H and O–H groups in total. The molecule has 5 fully saturated rings. The summed E-state index contributed by atoms with van der Waals surface area (Å²) in [6.45, 7) is 15.9. The summed E-state index contributed by atoms with van der Waals surface area (Å²) in [5.41, 5.74) is 0.599. The summed E-state index contributed by atoms with van der Waals surface area (Å²) in [4.78, 5) is 0. The van der Waals surface area contributed by atoms with Gasteiger partial charge in [0.2, 0.25) is 0 Å². The van der Waals surface area contributed by atoms with E-state index in [4.69, 9.17) is 18.6 Å². The molecule has 0 aromatic heterocycles. The van der Waals surface area contributed by atoms with Crippen molar-refractivity contribution in [2.24, 2.45) is 17.3 Å². The molecular formula is C22H30Cl2Ti. The predicted molar refractivity (Wildman–Crippen MR) is 106 cm³/mol. The van der Waals surface area contributed by atoms with Crippen LogP contribution >= 0.6 is 18.6 Å². The van der Waals surface area contributed by atoms with E-state index in [-0.39, 0.29) is 0 Å². The molecule has 5 saturated carbocycles. The van der Waals surface area contributed by atoms with E-state index in [9.17, 15) is 0 Å². The molecule has 25 heavy (non-hydrogen) atoms. The van der Waals surface area contributed by atoms with E-state index in [1.165, 1.54) is 42.4 Å². The fourth-order valence-electron chi connectivity index (χ4n) is 4.56. The molecular weight excluding hydrogens is 383 g/mol. The Morgan fingerprint density at radius 2 is 1.32 bits per heavy atom. The normalized spacial score (nSPS) is 33.8. The van der Waals surface area contributed by atoms with E-state index in [0.717, 1.165) is 11.8 Å².